The maximum Gasteiger partial charge on any atom is 0.139 e. The van der Waals surface area contributed by atoms with E-state index in [4.69, 9.17) is 4.74 Å². The number of aromatic nitrogens is 1. The van der Waals surface area contributed by atoms with Crippen molar-refractivity contribution in [2.24, 2.45) is 0 Å². The van der Waals surface area contributed by atoms with E-state index in [9.17, 15) is 4.39 Å². The molecular weight excluding hydrogens is 231 g/mol. The fourth-order valence-electron chi connectivity index (χ4n) is 1.42. The highest BCUT2D eigenvalue weighted by molar-refractivity contribution is 5.25. The summed E-state index contributed by atoms with van der Waals surface area (Å²) < 4.78 is 19.5. The molecule has 1 atom stereocenters. The van der Waals surface area contributed by atoms with E-state index < -0.39 is 6.17 Å². The zero-order valence-corrected chi connectivity index (χ0v) is 11.7. The van der Waals surface area contributed by atoms with Crippen molar-refractivity contribution in [2.45, 2.75) is 45.8 Å². The Kier molecular flexibility index (Phi) is 5.54. The van der Waals surface area contributed by atoms with Gasteiger partial charge < -0.3 is 10.1 Å². The van der Waals surface area contributed by atoms with E-state index in [1.54, 1.807) is 18.5 Å². The van der Waals surface area contributed by atoms with Crippen LogP contribution < -0.4 is 10.1 Å². The van der Waals surface area contributed by atoms with E-state index in [0.29, 0.717) is 17.9 Å². The highest BCUT2D eigenvalue weighted by Crippen LogP contribution is 2.21. The summed E-state index contributed by atoms with van der Waals surface area (Å²) >= 11 is 0. The van der Waals surface area contributed by atoms with E-state index in [2.05, 4.69) is 10.3 Å². The quantitative estimate of drug-likeness (QED) is 0.846. The second-order valence-electron chi connectivity index (χ2n) is 5.40. The second-order valence-corrected chi connectivity index (χ2v) is 5.40. The van der Waals surface area contributed by atoms with Crippen LogP contribution in [0.25, 0.3) is 0 Å². The summed E-state index contributed by atoms with van der Waals surface area (Å²) in [6.45, 7) is 8.98. The molecule has 0 fully saturated rings. The first kappa shape index (κ1) is 14.9. The van der Waals surface area contributed by atoms with Crippen molar-refractivity contribution in [3.63, 3.8) is 0 Å². The van der Waals surface area contributed by atoms with Gasteiger partial charge in [-0.2, -0.15) is 0 Å². The molecule has 1 aromatic heterocycles. The third-order valence-electron chi connectivity index (χ3n) is 2.38. The van der Waals surface area contributed by atoms with E-state index in [-0.39, 0.29) is 12.1 Å². The molecular formula is C14H23FN2O. The molecule has 1 aromatic rings. The molecule has 0 spiro atoms. The number of ether oxygens (including phenoxy) is 1. The second kappa shape index (κ2) is 6.69. The number of nitrogens with one attached hydrogen (secondary N) is 1. The van der Waals surface area contributed by atoms with Crippen LogP contribution in [0.2, 0.25) is 0 Å². The summed E-state index contributed by atoms with van der Waals surface area (Å²) in [5, 5.41) is 3.14. The Morgan fingerprint density at radius 1 is 1.39 bits per heavy atom. The predicted molar refractivity (Wildman–Crippen MR) is 71.6 cm³/mol. The smallest absolute Gasteiger partial charge is 0.139 e. The van der Waals surface area contributed by atoms with Gasteiger partial charge in [0.1, 0.15) is 11.9 Å². The van der Waals surface area contributed by atoms with E-state index in [1.807, 2.05) is 27.7 Å². The monoisotopic (exact) mass is 254 g/mol. The maximum absolute atomic E-state index is 14.0. The molecule has 1 rings (SSSR count). The van der Waals surface area contributed by atoms with Crippen LogP contribution in [0.15, 0.2) is 18.5 Å². The lowest BCUT2D eigenvalue weighted by Gasteiger charge is -2.22. The summed E-state index contributed by atoms with van der Waals surface area (Å²) in [5.74, 6) is 0.632. The normalized spacial score (nSPS) is 13.4. The molecule has 18 heavy (non-hydrogen) atoms. The Bertz CT molecular complexity index is 363. The molecule has 0 aliphatic carbocycles. The number of nitrogens with zero attached hydrogens (tertiary/aromatic N) is 1. The number of hydrogen-bond acceptors (Lipinski definition) is 3. The average molecular weight is 254 g/mol. The zero-order valence-electron chi connectivity index (χ0n) is 11.7. The van der Waals surface area contributed by atoms with E-state index in [1.165, 1.54) is 0 Å². The van der Waals surface area contributed by atoms with Crippen molar-refractivity contribution < 1.29 is 9.13 Å². The van der Waals surface area contributed by atoms with Gasteiger partial charge in [-0.1, -0.05) is 6.92 Å². The van der Waals surface area contributed by atoms with Gasteiger partial charge in [0.25, 0.3) is 0 Å². The maximum atomic E-state index is 14.0. The van der Waals surface area contributed by atoms with Crippen molar-refractivity contribution in [3.05, 3.63) is 24.0 Å². The fraction of sp³-hybridized carbons (Fsp3) is 0.643. The van der Waals surface area contributed by atoms with Crippen molar-refractivity contribution in [2.75, 3.05) is 13.2 Å². The third kappa shape index (κ3) is 5.45. The largest absolute Gasteiger partial charge is 0.492 e. The lowest BCUT2D eigenvalue weighted by Crippen LogP contribution is -2.37. The summed E-state index contributed by atoms with van der Waals surface area (Å²) in [5.41, 5.74) is 0.467. The first-order valence-corrected chi connectivity index (χ1v) is 6.39. The minimum Gasteiger partial charge on any atom is -0.492 e. The summed E-state index contributed by atoms with van der Waals surface area (Å²) in [7, 11) is 0. The van der Waals surface area contributed by atoms with Crippen molar-refractivity contribution in [3.8, 4) is 5.75 Å². The molecule has 3 nitrogen and oxygen atoms in total. The third-order valence-corrected chi connectivity index (χ3v) is 2.38. The fourth-order valence-corrected chi connectivity index (χ4v) is 1.42. The molecule has 0 radical (unpaired) electrons. The van der Waals surface area contributed by atoms with Crippen LogP contribution in [0.3, 0.4) is 0 Å². The number of hydrogen-bond donors (Lipinski definition) is 1. The molecule has 0 aliphatic heterocycles. The number of pyridine rings is 1. The Hall–Kier alpha value is -1.16. The first-order chi connectivity index (χ1) is 8.42. The van der Waals surface area contributed by atoms with Crippen LogP contribution in [0.1, 0.15) is 45.9 Å². The molecule has 1 N–H and O–H groups in total. The number of alkyl halides is 1. The molecule has 0 aromatic carbocycles. The van der Waals surface area contributed by atoms with Crippen LogP contribution in [0.5, 0.6) is 5.75 Å². The van der Waals surface area contributed by atoms with Gasteiger partial charge in [-0.05, 0) is 33.3 Å². The van der Waals surface area contributed by atoms with Crippen LogP contribution in [0, 0.1) is 0 Å². The van der Waals surface area contributed by atoms with Crippen molar-refractivity contribution >= 4 is 0 Å². The van der Waals surface area contributed by atoms with Crippen LogP contribution in [0.4, 0.5) is 4.39 Å². The van der Waals surface area contributed by atoms with Crippen LogP contribution >= 0.6 is 0 Å². The van der Waals surface area contributed by atoms with Gasteiger partial charge in [-0.15, -0.1) is 0 Å². The van der Waals surface area contributed by atoms with Gasteiger partial charge in [0, 0.05) is 23.8 Å². The van der Waals surface area contributed by atoms with Gasteiger partial charge in [0.05, 0.1) is 12.8 Å². The molecule has 4 heteroatoms. The van der Waals surface area contributed by atoms with E-state index >= 15 is 0 Å². The van der Waals surface area contributed by atoms with Gasteiger partial charge in [-0.3, -0.25) is 4.98 Å². The zero-order chi connectivity index (χ0) is 13.6. The van der Waals surface area contributed by atoms with Gasteiger partial charge >= 0.3 is 0 Å². The molecule has 1 heterocycles. The number of rotatable bonds is 6. The molecule has 0 aliphatic rings. The topological polar surface area (TPSA) is 34.1 Å². The average Bonchev–Trinajstić information content (AvgIpc) is 2.33. The van der Waals surface area contributed by atoms with Crippen LogP contribution in [-0.4, -0.2) is 23.7 Å². The first-order valence-electron chi connectivity index (χ1n) is 6.39. The van der Waals surface area contributed by atoms with E-state index in [0.717, 1.165) is 6.42 Å². The van der Waals surface area contributed by atoms with Gasteiger partial charge in [0.2, 0.25) is 0 Å². The van der Waals surface area contributed by atoms with Gasteiger partial charge in [-0.25, -0.2) is 4.39 Å². The van der Waals surface area contributed by atoms with Gasteiger partial charge in [0.15, 0.2) is 0 Å². The SMILES string of the molecule is CCCOc1cncc(C(F)CNC(C)(C)C)c1. The van der Waals surface area contributed by atoms with Crippen LogP contribution in [-0.2, 0) is 0 Å². The highest BCUT2D eigenvalue weighted by Gasteiger charge is 2.15. The highest BCUT2D eigenvalue weighted by atomic mass is 19.1. The molecule has 0 saturated carbocycles. The minimum atomic E-state index is -1.07. The summed E-state index contributed by atoms with van der Waals surface area (Å²) in [4.78, 5) is 4.01. The molecule has 0 saturated heterocycles. The summed E-state index contributed by atoms with van der Waals surface area (Å²) in [6.07, 6.45) is 3.02. The molecule has 102 valence electrons. The standard InChI is InChI=1S/C14H23FN2O/c1-5-6-18-12-7-11(8-16-9-12)13(15)10-17-14(2,3)4/h7-9,13,17H,5-6,10H2,1-4H3. The lowest BCUT2D eigenvalue weighted by atomic mass is 10.1. The Labute approximate surface area is 109 Å². The Morgan fingerprint density at radius 2 is 2.11 bits per heavy atom. The lowest BCUT2D eigenvalue weighted by molar-refractivity contribution is 0.287. The molecule has 1 unspecified atom stereocenters. The minimum absolute atomic E-state index is 0.0892. The van der Waals surface area contributed by atoms with Crippen molar-refractivity contribution in [1.82, 2.24) is 10.3 Å². The number of halogens is 1. The Balaban J connectivity index is 2.59. The molecule has 0 bridgehead atoms. The summed E-state index contributed by atoms with van der Waals surface area (Å²) in [6, 6.07) is 1.72. The van der Waals surface area contributed by atoms with Crippen molar-refractivity contribution in [1.29, 1.82) is 0 Å². The molecule has 0 amide bonds. The Morgan fingerprint density at radius 3 is 2.72 bits per heavy atom. The predicted octanol–water partition coefficient (Wildman–Crippen LogP) is 3.27.